The average Bonchev–Trinajstić information content (AvgIpc) is 2.22. The fraction of sp³-hybridized carbons (Fsp3) is 0.308. The molecule has 1 aromatic carbocycles. The van der Waals surface area contributed by atoms with Gasteiger partial charge in [0.05, 0.1) is 5.52 Å². The number of halogens is 1. The van der Waals surface area contributed by atoms with Crippen LogP contribution in [0.2, 0.25) is 0 Å². The lowest BCUT2D eigenvalue weighted by atomic mass is 10.1. The van der Waals surface area contributed by atoms with Crippen LogP contribution in [-0.4, -0.2) is 4.57 Å². The first-order valence-corrected chi connectivity index (χ1v) is 5.43. The summed E-state index contributed by atoms with van der Waals surface area (Å²) in [7, 11) is 0. The molecule has 2 rings (SSSR count). The van der Waals surface area contributed by atoms with Crippen molar-refractivity contribution in [2.45, 2.75) is 26.8 Å². The van der Waals surface area contributed by atoms with E-state index >= 15 is 0 Å². The molecule has 0 bridgehead atoms. The van der Waals surface area contributed by atoms with Gasteiger partial charge in [0.15, 0.2) is 0 Å². The number of fused-ring (bicyclic) bond motifs is 1. The standard InChI is InChI=1S/C13H14FNO/c1-3-6-15-12(16)5-4-10-8-11(14)7-9(2)13(10)15/h4-5,7-8H,3,6H2,1-2H3. The van der Waals surface area contributed by atoms with Gasteiger partial charge in [-0.2, -0.15) is 0 Å². The Morgan fingerprint density at radius 1 is 1.31 bits per heavy atom. The Kier molecular flexibility index (Phi) is 2.77. The molecule has 0 unspecified atom stereocenters. The highest BCUT2D eigenvalue weighted by molar-refractivity contribution is 5.82. The van der Waals surface area contributed by atoms with Crippen molar-refractivity contribution in [1.29, 1.82) is 0 Å². The van der Waals surface area contributed by atoms with Gasteiger partial charge in [-0.15, -0.1) is 0 Å². The maximum absolute atomic E-state index is 13.2. The molecule has 1 aromatic heterocycles. The molecule has 0 aliphatic rings. The molecule has 3 heteroatoms. The average molecular weight is 219 g/mol. The fourth-order valence-electron chi connectivity index (χ4n) is 2.06. The summed E-state index contributed by atoms with van der Waals surface area (Å²) >= 11 is 0. The van der Waals surface area contributed by atoms with Crippen LogP contribution in [-0.2, 0) is 6.54 Å². The number of hydrogen-bond donors (Lipinski definition) is 0. The number of pyridine rings is 1. The molecule has 2 nitrogen and oxygen atoms in total. The third-order valence-corrected chi connectivity index (χ3v) is 2.68. The molecule has 0 N–H and O–H groups in total. The van der Waals surface area contributed by atoms with Gasteiger partial charge < -0.3 is 4.57 Å². The van der Waals surface area contributed by atoms with Crippen molar-refractivity contribution in [3.63, 3.8) is 0 Å². The van der Waals surface area contributed by atoms with Crippen LogP contribution in [0, 0.1) is 12.7 Å². The fourth-order valence-corrected chi connectivity index (χ4v) is 2.06. The smallest absolute Gasteiger partial charge is 0.251 e. The highest BCUT2D eigenvalue weighted by atomic mass is 19.1. The minimum atomic E-state index is -0.258. The van der Waals surface area contributed by atoms with Crippen LogP contribution < -0.4 is 5.56 Å². The Hall–Kier alpha value is -1.64. The van der Waals surface area contributed by atoms with E-state index in [1.54, 1.807) is 10.6 Å². The second-order valence-corrected chi connectivity index (χ2v) is 3.98. The van der Waals surface area contributed by atoms with Gasteiger partial charge in [0, 0.05) is 18.0 Å². The summed E-state index contributed by atoms with van der Waals surface area (Å²) in [6.07, 6.45) is 0.885. The maximum atomic E-state index is 13.2. The lowest BCUT2D eigenvalue weighted by molar-refractivity contribution is 0.626. The van der Waals surface area contributed by atoms with Crippen LogP contribution in [0.5, 0.6) is 0 Å². The topological polar surface area (TPSA) is 22.0 Å². The van der Waals surface area contributed by atoms with Crippen LogP contribution >= 0.6 is 0 Å². The van der Waals surface area contributed by atoms with Crippen molar-refractivity contribution in [3.8, 4) is 0 Å². The Morgan fingerprint density at radius 2 is 2.06 bits per heavy atom. The zero-order valence-electron chi connectivity index (χ0n) is 9.46. The molecule has 0 aliphatic carbocycles. The van der Waals surface area contributed by atoms with E-state index in [2.05, 4.69) is 0 Å². The summed E-state index contributed by atoms with van der Waals surface area (Å²) in [6, 6.07) is 6.11. The van der Waals surface area contributed by atoms with Crippen molar-refractivity contribution in [2.75, 3.05) is 0 Å². The number of nitrogens with zero attached hydrogens (tertiary/aromatic N) is 1. The van der Waals surface area contributed by atoms with Crippen molar-refractivity contribution in [1.82, 2.24) is 4.57 Å². The molecule has 2 aromatic rings. The van der Waals surface area contributed by atoms with E-state index in [1.165, 1.54) is 18.2 Å². The van der Waals surface area contributed by atoms with Crippen molar-refractivity contribution in [3.05, 3.63) is 46.0 Å². The van der Waals surface area contributed by atoms with Gasteiger partial charge in [0.2, 0.25) is 0 Å². The lowest BCUT2D eigenvalue weighted by Crippen LogP contribution is -2.19. The van der Waals surface area contributed by atoms with E-state index in [0.717, 1.165) is 22.9 Å². The quantitative estimate of drug-likeness (QED) is 0.761. The first kappa shape index (κ1) is 10.9. The summed E-state index contributed by atoms with van der Waals surface area (Å²) in [4.78, 5) is 11.7. The minimum Gasteiger partial charge on any atom is -0.308 e. The summed E-state index contributed by atoms with van der Waals surface area (Å²) in [6.45, 7) is 4.52. The molecule has 0 radical (unpaired) electrons. The van der Waals surface area contributed by atoms with Crippen LogP contribution in [0.4, 0.5) is 4.39 Å². The van der Waals surface area contributed by atoms with Gasteiger partial charge in [-0.05, 0) is 37.1 Å². The molecular formula is C13H14FNO. The molecule has 0 saturated heterocycles. The SMILES string of the molecule is CCCn1c(=O)ccc2cc(F)cc(C)c21. The molecule has 16 heavy (non-hydrogen) atoms. The lowest BCUT2D eigenvalue weighted by Gasteiger charge is -2.11. The molecule has 0 spiro atoms. The number of aromatic nitrogens is 1. The zero-order valence-corrected chi connectivity index (χ0v) is 9.46. The van der Waals surface area contributed by atoms with Gasteiger partial charge >= 0.3 is 0 Å². The van der Waals surface area contributed by atoms with E-state index < -0.39 is 0 Å². The van der Waals surface area contributed by atoms with Gasteiger partial charge in [-0.25, -0.2) is 4.39 Å². The van der Waals surface area contributed by atoms with Gasteiger partial charge in [0.1, 0.15) is 5.82 Å². The molecule has 0 saturated carbocycles. The highest BCUT2D eigenvalue weighted by Crippen LogP contribution is 2.18. The maximum Gasteiger partial charge on any atom is 0.251 e. The van der Waals surface area contributed by atoms with Gasteiger partial charge in [0.25, 0.3) is 5.56 Å². The second-order valence-electron chi connectivity index (χ2n) is 3.98. The van der Waals surface area contributed by atoms with Crippen LogP contribution in [0.25, 0.3) is 10.9 Å². The van der Waals surface area contributed by atoms with Gasteiger partial charge in [-0.1, -0.05) is 6.92 Å². The molecule has 1 heterocycles. The summed E-state index contributed by atoms with van der Waals surface area (Å²) < 4.78 is 14.9. The number of rotatable bonds is 2. The van der Waals surface area contributed by atoms with E-state index in [9.17, 15) is 9.18 Å². The Bertz CT molecular complexity index is 586. The molecule has 0 amide bonds. The number of aryl methyl sites for hydroxylation is 2. The largest absolute Gasteiger partial charge is 0.308 e. The van der Waals surface area contributed by atoms with Crippen LogP contribution in [0.3, 0.4) is 0 Å². The van der Waals surface area contributed by atoms with Crippen LogP contribution in [0.1, 0.15) is 18.9 Å². The van der Waals surface area contributed by atoms with Crippen molar-refractivity contribution < 1.29 is 4.39 Å². The van der Waals surface area contributed by atoms with E-state index in [1.807, 2.05) is 13.8 Å². The predicted octanol–water partition coefficient (Wildman–Crippen LogP) is 2.86. The normalized spacial score (nSPS) is 10.9. The summed E-state index contributed by atoms with van der Waals surface area (Å²) in [5, 5.41) is 0.783. The third kappa shape index (κ3) is 1.73. The Morgan fingerprint density at radius 3 is 2.75 bits per heavy atom. The Balaban J connectivity index is 2.86. The summed E-state index contributed by atoms with van der Waals surface area (Å²) in [5.74, 6) is -0.258. The second kappa shape index (κ2) is 4.08. The molecule has 84 valence electrons. The molecule has 0 aliphatic heterocycles. The monoisotopic (exact) mass is 219 g/mol. The minimum absolute atomic E-state index is 0.0240. The van der Waals surface area contributed by atoms with E-state index in [-0.39, 0.29) is 11.4 Å². The van der Waals surface area contributed by atoms with Gasteiger partial charge in [-0.3, -0.25) is 4.79 Å². The molecule has 0 fully saturated rings. The van der Waals surface area contributed by atoms with Crippen molar-refractivity contribution >= 4 is 10.9 Å². The highest BCUT2D eigenvalue weighted by Gasteiger charge is 2.06. The number of benzene rings is 1. The Labute approximate surface area is 93.3 Å². The zero-order chi connectivity index (χ0) is 11.7. The predicted molar refractivity (Wildman–Crippen MR) is 63.2 cm³/mol. The summed E-state index contributed by atoms with van der Waals surface area (Å²) in [5.41, 5.74) is 1.63. The number of hydrogen-bond acceptors (Lipinski definition) is 1. The third-order valence-electron chi connectivity index (χ3n) is 2.68. The first-order valence-electron chi connectivity index (χ1n) is 5.43. The molecule has 0 atom stereocenters. The molecular weight excluding hydrogens is 205 g/mol. The van der Waals surface area contributed by atoms with E-state index in [4.69, 9.17) is 0 Å². The first-order chi connectivity index (χ1) is 7.63. The van der Waals surface area contributed by atoms with Crippen LogP contribution in [0.15, 0.2) is 29.1 Å². The van der Waals surface area contributed by atoms with Crippen molar-refractivity contribution in [2.24, 2.45) is 0 Å². The van der Waals surface area contributed by atoms with E-state index in [0.29, 0.717) is 6.54 Å².